The van der Waals surface area contributed by atoms with Gasteiger partial charge in [0.2, 0.25) is 0 Å². The minimum Gasteiger partial charge on any atom is -0.303 e. The van der Waals surface area contributed by atoms with E-state index in [0.29, 0.717) is 0 Å². The van der Waals surface area contributed by atoms with Gasteiger partial charge < -0.3 is 9.59 Å². The molecule has 0 spiro atoms. The predicted molar refractivity (Wildman–Crippen MR) is 58.5 cm³/mol. The van der Waals surface area contributed by atoms with E-state index >= 15 is 0 Å². The van der Waals surface area contributed by atoms with E-state index in [2.05, 4.69) is 0 Å². The van der Waals surface area contributed by atoms with E-state index in [4.69, 9.17) is 0 Å². The summed E-state index contributed by atoms with van der Waals surface area (Å²) in [6.45, 7) is 0. The molecule has 2 saturated carbocycles. The van der Waals surface area contributed by atoms with Crippen LogP contribution in [0.4, 0.5) is 0 Å². The molecule has 84 valence electrons. The van der Waals surface area contributed by atoms with Gasteiger partial charge >= 0.3 is 0 Å². The molecular formula is C13H20O2. The van der Waals surface area contributed by atoms with Crippen molar-refractivity contribution < 1.29 is 9.59 Å². The summed E-state index contributed by atoms with van der Waals surface area (Å²) in [7, 11) is 0. The zero-order valence-electron chi connectivity index (χ0n) is 9.34. The topological polar surface area (TPSA) is 34.1 Å². The molecule has 0 amide bonds. The van der Waals surface area contributed by atoms with Crippen molar-refractivity contribution in [1.82, 2.24) is 0 Å². The molecule has 0 aliphatic heterocycles. The van der Waals surface area contributed by atoms with Gasteiger partial charge in [-0.25, -0.2) is 0 Å². The number of rotatable bonds is 4. The molecular weight excluding hydrogens is 188 g/mol. The van der Waals surface area contributed by atoms with E-state index in [-0.39, 0.29) is 10.8 Å². The summed E-state index contributed by atoms with van der Waals surface area (Å²) in [6.07, 6.45) is 11.8. The smallest absolute Gasteiger partial charge is 0.126 e. The van der Waals surface area contributed by atoms with Crippen LogP contribution >= 0.6 is 0 Å². The monoisotopic (exact) mass is 208 g/mol. The van der Waals surface area contributed by atoms with Gasteiger partial charge in [0.05, 0.1) is 0 Å². The highest BCUT2D eigenvalue weighted by atomic mass is 16.1. The molecule has 2 fully saturated rings. The molecule has 2 aliphatic carbocycles. The van der Waals surface area contributed by atoms with E-state index in [1.165, 1.54) is 0 Å². The third kappa shape index (κ3) is 1.99. The maximum absolute atomic E-state index is 11.3. The Balaban J connectivity index is 2.10. The average molecular weight is 208 g/mol. The molecule has 15 heavy (non-hydrogen) atoms. The minimum atomic E-state index is -0.148. The van der Waals surface area contributed by atoms with Crippen molar-refractivity contribution in [2.45, 2.75) is 57.8 Å². The molecule has 2 aliphatic rings. The highest BCUT2D eigenvalue weighted by Crippen LogP contribution is 2.50. The van der Waals surface area contributed by atoms with Gasteiger partial charge in [0.15, 0.2) is 0 Å². The van der Waals surface area contributed by atoms with Crippen LogP contribution in [0.25, 0.3) is 0 Å². The van der Waals surface area contributed by atoms with E-state index in [9.17, 15) is 9.59 Å². The lowest BCUT2D eigenvalue weighted by atomic mass is 9.70. The van der Waals surface area contributed by atoms with Crippen LogP contribution in [0.1, 0.15) is 57.8 Å². The van der Waals surface area contributed by atoms with Gasteiger partial charge in [-0.15, -0.1) is 0 Å². The van der Waals surface area contributed by atoms with Gasteiger partial charge in [-0.05, 0) is 32.1 Å². The molecule has 0 saturated heterocycles. The zero-order valence-corrected chi connectivity index (χ0v) is 9.34. The van der Waals surface area contributed by atoms with Gasteiger partial charge in [0, 0.05) is 10.8 Å². The van der Waals surface area contributed by atoms with Gasteiger partial charge in [-0.3, -0.25) is 0 Å². The first-order chi connectivity index (χ1) is 7.24. The van der Waals surface area contributed by atoms with Crippen molar-refractivity contribution in [2.24, 2.45) is 10.8 Å². The summed E-state index contributed by atoms with van der Waals surface area (Å²) in [6, 6.07) is 0. The average Bonchev–Trinajstić information content (AvgIpc) is 2.89. The Morgan fingerprint density at radius 3 is 1.33 bits per heavy atom. The van der Waals surface area contributed by atoms with Gasteiger partial charge in [-0.1, -0.05) is 25.7 Å². The molecule has 2 nitrogen and oxygen atoms in total. The molecule has 2 rings (SSSR count). The second-order valence-electron chi connectivity index (χ2n) is 5.55. The minimum absolute atomic E-state index is 0.148. The van der Waals surface area contributed by atoms with Crippen molar-refractivity contribution in [3.05, 3.63) is 0 Å². The third-order valence-electron chi connectivity index (χ3n) is 4.40. The maximum Gasteiger partial charge on any atom is 0.126 e. The first-order valence-corrected chi connectivity index (χ1v) is 6.17. The molecule has 0 bridgehead atoms. The number of carbonyl (C=O) groups is 2. The van der Waals surface area contributed by atoms with Crippen LogP contribution in [0.2, 0.25) is 0 Å². The first-order valence-electron chi connectivity index (χ1n) is 6.17. The molecule has 0 unspecified atom stereocenters. The van der Waals surface area contributed by atoms with Crippen LogP contribution < -0.4 is 0 Å². The van der Waals surface area contributed by atoms with Crippen LogP contribution in [-0.4, -0.2) is 12.6 Å². The van der Waals surface area contributed by atoms with Gasteiger partial charge in [-0.2, -0.15) is 0 Å². The van der Waals surface area contributed by atoms with E-state index < -0.39 is 0 Å². The lowest BCUT2D eigenvalue weighted by Gasteiger charge is -2.32. The predicted octanol–water partition coefficient (Wildman–Crippen LogP) is 2.90. The second kappa shape index (κ2) is 4.07. The summed E-state index contributed by atoms with van der Waals surface area (Å²) in [4.78, 5) is 22.5. The summed E-state index contributed by atoms with van der Waals surface area (Å²) >= 11 is 0. The van der Waals surface area contributed by atoms with E-state index in [1.807, 2.05) is 0 Å². The Morgan fingerprint density at radius 1 is 0.733 bits per heavy atom. The van der Waals surface area contributed by atoms with Crippen molar-refractivity contribution in [3.63, 3.8) is 0 Å². The van der Waals surface area contributed by atoms with Crippen LogP contribution in [0.3, 0.4) is 0 Å². The number of carbonyl (C=O) groups excluding carboxylic acids is 2. The van der Waals surface area contributed by atoms with Crippen LogP contribution in [0, 0.1) is 10.8 Å². The third-order valence-corrected chi connectivity index (χ3v) is 4.40. The molecule has 0 heterocycles. The summed E-state index contributed by atoms with van der Waals surface area (Å²) < 4.78 is 0. The Morgan fingerprint density at radius 2 is 1.07 bits per heavy atom. The van der Waals surface area contributed by atoms with E-state index in [1.54, 1.807) is 0 Å². The van der Waals surface area contributed by atoms with E-state index in [0.717, 1.165) is 70.4 Å². The van der Waals surface area contributed by atoms with Crippen molar-refractivity contribution in [2.75, 3.05) is 0 Å². The lowest BCUT2D eigenvalue weighted by molar-refractivity contribution is -0.122. The molecule has 0 aromatic heterocycles. The standard InChI is InChI=1S/C13H20O2/c14-10-12(5-1-2-6-12)9-13(11-15)7-3-4-8-13/h10-11H,1-9H2. The summed E-state index contributed by atoms with van der Waals surface area (Å²) in [5.74, 6) is 0. The fourth-order valence-corrected chi connectivity index (χ4v) is 3.53. The second-order valence-corrected chi connectivity index (χ2v) is 5.55. The number of hydrogen-bond acceptors (Lipinski definition) is 2. The molecule has 0 aromatic carbocycles. The van der Waals surface area contributed by atoms with Crippen molar-refractivity contribution >= 4 is 12.6 Å². The van der Waals surface area contributed by atoms with Crippen LogP contribution in [-0.2, 0) is 9.59 Å². The fourth-order valence-electron chi connectivity index (χ4n) is 3.53. The Kier molecular flexibility index (Phi) is 2.94. The largest absolute Gasteiger partial charge is 0.303 e. The number of hydrogen-bond donors (Lipinski definition) is 0. The Labute approximate surface area is 91.4 Å². The van der Waals surface area contributed by atoms with Gasteiger partial charge in [0.1, 0.15) is 12.6 Å². The van der Waals surface area contributed by atoms with Crippen LogP contribution in [0.5, 0.6) is 0 Å². The Hall–Kier alpha value is -0.660. The highest BCUT2D eigenvalue weighted by molar-refractivity contribution is 5.65. The fraction of sp³-hybridized carbons (Fsp3) is 0.846. The summed E-state index contributed by atoms with van der Waals surface area (Å²) in [5, 5.41) is 0. The van der Waals surface area contributed by atoms with Crippen molar-refractivity contribution in [1.29, 1.82) is 0 Å². The summed E-state index contributed by atoms with van der Waals surface area (Å²) in [5.41, 5.74) is -0.295. The van der Waals surface area contributed by atoms with Gasteiger partial charge in [0.25, 0.3) is 0 Å². The SMILES string of the molecule is O=CC1(CC2(C=O)CCCC2)CCCC1. The molecule has 2 heteroatoms. The molecule has 0 aromatic rings. The quantitative estimate of drug-likeness (QED) is 0.666. The molecule has 0 radical (unpaired) electrons. The van der Waals surface area contributed by atoms with Crippen molar-refractivity contribution in [3.8, 4) is 0 Å². The highest BCUT2D eigenvalue weighted by Gasteiger charge is 2.44. The Bertz CT molecular complexity index is 219. The maximum atomic E-state index is 11.3. The lowest BCUT2D eigenvalue weighted by Crippen LogP contribution is -2.30. The molecule has 0 atom stereocenters. The zero-order chi connectivity index (χ0) is 10.8. The molecule has 0 N–H and O–H groups in total. The normalized spacial score (nSPS) is 27.7. The van der Waals surface area contributed by atoms with Crippen LogP contribution in [0.15, 0.2) is 0 Å². The number of aldehydes is 2. The first kappa shape index (κ1) is 10.8.